The molecule has 1 aliphatic carbocycles. The van der Waals surface area contributed by atoms with Crippen LogP contribution in [0.3, 0.4) is 0 Å². The van der Waals surface area contributed by atoms with Crippen LogP contribution in [0.5, 0.6) is 0 Å². The first-order chi connectivity index (χ1) is 8.77. The summed E-state index contributed by atoms with van der Waals surface area (Å²) in [5.74, 6) is 0.598. The fourth-order valence-electron chi connectivity index (χ4n) is 2.93. The van der Waals surface area contributed by atoms with Gasteiger partial charge in [-0.15, -0.1) is 0 Å². The van der Waals surface area contributed by atoms with Crippen molar-refractivity contribution >= 4 is 17.4 Å². The second-order valence-electron chi connectivity index (χ2n) is 4.82. The van der Waals surface area contributed by atoms with Crippen LogP contribution in [0, 0.1) is 0 Å². The lowest BCUT2D eigenvalue weighted by Crippen LogP contribution is -2.53. The third kappa shape index (κ3) is 2.01. The van der Waals surface area contributed by atoms with Gasteiger partial charge in [-0.25, -0.2) is 4.98 Å². The fourth-order valence-corrected chi connectivity index (χ4v) is 3.15. The monoisotopic (exact) mass is 269 g/mol. The summed E-state index contributed by atoms with van der Waals surface area (Å²) in [4.78, 5) is 20.4. The minimum absolute atomic E-state index is 0.184. The Morgan fingerprint density at radius 2 is 2.28 bits per heavy atom. The summed E-state index contributed by atoms with van der Waals surface area (Å²) in [6.07, 6.45) is 6.24. The topological polar surface area (TPSA) is 58.2 Å². The van der Waals surface area contributed by atoms with Crippen molar-refractivity contribution in [1.29, 1.82) is 0 Å². The number of H-pyrrole nitrogens is 1. The molecule has 0 amide bonds. The first-order valence-corrected chi connectivity index (χ1v) is 6.76. The Balaban J connectivity index is 1.94. The maximum atomic E-state index is 11.6. The van der Waals surface area contributed by atoms with Crippen molar-refractivity contribution in [3.8, 4) is 0 Å². The molecule has 0 aromatic carbocycles. The third-order valence-corrected chi connectivity index (χ3v) is 4.12. The molecule has 1 saturated heterocycles. The van der Waals surface area contributed by atoms with Crippen molar-refractivity contribution in [2.75, 3.05) is 18.1 Å². The summed E-state index contributed by atoms with van der Waals surface area (Å²) >= 11 is 6.07. The number of nitrogens with one attached hydrogen (secondary N) is 1. The van der Waals surface area contributed by atoms with Gasteiger partial charge in [0.2, 0.25) is 0 Å². The van der Waals surface area contributed by atoms with Crippen LogP contribution < -0.4 is 10.5 Å². The van der Waals surface area contributed by atoms with Crippen LogP contribution in [-0.2, 0) is 4.74 Å². The average Bonchev–Trinajstić information content (AvgIpc) is 2.41. The van der Waals surface area contributed by atoms with Gasteiger partial charge in [0.15, 0.2) is 5.82 Å². The predicted octanol–water partition coefficient (Wildman–Crippen LogP) is 1.57. The second-order valence-corrected chi connectivity index (χ2v) is 5.20. The molecule has 6 heteroatoms. The fraction of sp³-hybridized carbons (Fsp3) is 0.667. The molecule has 5 nitrogen and oxygen atoms in total. The van der Waals surface area contributed by atoms with Crippen LogP contribution >= 0.6 is 11.6 Å². The van der Waals surface area contributed by atoms with E-state index in [1.807, 2.05) is 0 Å². The van der Waals surface area contributed by atoms with Crippen molar-refractivity contribution in [1.82, 2.24) is 9.97 Å². The molecule has 2 atom stereocenters. The molecule has 2 fully saturated rings. The number of ether oxygens (including phenoxy) is 1. The van der Waals surface area contributed by atoms with Crippen molar-refractivity contribution in [3.63, 3.8) is 0 Å². The molecule has 1 N–H and O–H groups in total. The van der Waals surface area contributed by atoms with Gasteiger partial charge in [0, 0.05) is 6.54 Å². The van der Waals surface area contributed by atoms with Gasteiger partial charge in [-0.05, 0) is 12.8 Å². The number of morpholine rings is 1. The van der Waals surface area contributed by atoms with Gasteiger partial charge < -0.3 is 14.6 Å². The number of aromatic amines is 1. The number of rotatable bonds is 1. The average molecular weight is 270 g/mol. The summed E-state index contributed by atoms with van der Waals surface area (Å²) in [6.45, 7) is 1.42. The molecule has 1 aromatic rings. The van der Waals surface area contributed by atoms with E-state index < -0.39 is 0 Å². The first kappa shape index (κ1) is 12.0. The minimum atomic E-state index is -0.277. The Morgan fingerprint density at radius 1 is 1.44 bits per heavy atom. The second kappa shape index (κ2) is 4.90. The van der Waals surface area contributed by atoms with E-state index in [1.54, 1.807) is 0 Å². The van der Waals surface area contributed by atoms with Crippen LogP contribution in [0.4, 0.5) is 5.82 Å². The molecule has 0 radical (unpaired) electrons. The van der Waals surface area contributed by atoms with Crippen molar-refractivity contribution in [2.45, 2.75) is 37.8 Å². The Bertz CT molecular complexity index is 488. The molecular formula is C12H16ClN3O2. The molecule has 1 aliphatic heterocycles. The summed E-state index contributed by atoms with van der Waals surface area (Å²) in [5.41, 5.74) is -0.277. The Morgan fingerprint density at radius 3 is 3.17 bits per heavy atom. The van der Waals surface area contributed by atoms with Crippen LogP contribution in [0.2, 0.25) is 5.02 Å². The highest BCUT2D eigenvalue weighted by Crippen LogP contribution is 2.32. The number of anilines is 1. The van der Waals surface area contributed by atoms with Gasteiger partial charge in [-0.2, -0.15) is 0 Å². The van der Waals surface area contributed by atoms with Gasteiger partial charge in [0.25, 0.3) is 5.56 Å². The number of halogens is 1. The number of hydrogen-bond acceptors (Lipinski definition) is 4. The van der Waals surface area contributed by atoms with Gasteiger partial charge in [0.1, 0.15) is 5.02 Å². The molecule has 3 rings (SSSR count). The SMILES string of the molecule is O=c1[nH]cnc(N2CCOC3CCCCC32)c1Cl. The first-order valence-electron chi connectivity index (χ1n) is 6.39. The summed E-state index contributed by atoms with van der Waals surface area (Å²) in [7, 11) is 0. The summed E-state index contributed by atoms with van der Waals surface area (Å²) < 4.78 is 5.81. The van der Waals surface area contributed by atoms with Crippen LogP contribution in [-0.4, -0.2) is 35.3 Å². The minimum Gasteiger partial charge on any atom is -0.374 e. The maximum Gasteiger partial charge on any atom is 0.271 e. The highest BCUT2D eigenvalue weighted by molar-refractivity contribution is 6.32. The molecule has 2 heterocycles. The molecule has 0 bridgehead atoms. The van der Waals surface area contributed by atoms with E-state index in [4.69, 9.17) is 16.3 Å². The maximum absolute atomic E-state index is 11.6. The zero-order valence-corrected chi connectivity index (χ0v) is 10.8. The lowest BCUT2D eigenvalue weighted by Gasteiger charge is -2.44. The molecule has 2 unspecified atom stereocenters. The van der Waals surface area contributed by atoms with Crippen LogP contribution in [0.25, 0.3) is 0 Å². The van der Waals surface area contributed by atoms with E-state index in [1.165, 1.54) is 19.2 Å². The molecule has 2 aliphatic rings. The van der Waals surface area contributed by atoms with E-state index in [0.29, 0.717) is 18.5 Å². The number of hydrogen-bond donors (Lipinski definition) is 1. The highest BCUT2D eigenvalue weighted by Gasteiger charge is 2.35. The van der Waals surface area contributed by atoms with Crippen molar-refractivity contribution in [2.24, 2.45) is 0 Å². The Kier molecular flexibility index (Phi) is 3.26. The number of aromatic nitrogens is 2. The van der Waals surface area contributed by atoms with Crippen molar-refractivity contribution in [3.05, 3.63) is 21.7 Å². The largest absolute Gasteiger partial charge is 0.374 e. The van der Waals surface area contributed by atoms with Crippen molar-refractivity contribution < 1.29 is 4.74 Å². The lowest BCUT2D eigenvalue weighted by molar-refractivity contribution is -0.00899. The summed E-state index contributed by atoms with van der Waals surface area (Å²) in [6, 6.07) is 0.305. The standard InChI is InChI=1S/C12H16ClN3O2/c13-10-11(14-7-15-12(10)17)16-5-6-18-9-4-2-1-3-8(9)16/h7-9H,1-6H2,(H,14,15,17). The van der Waals surface area contributed by atoms with E-state index in [0.717, 1.165) is 19.4 Å². The zero-order chi connectivity index (χ0) is 12.5. The lowest BCUT2D eigenvalue weighted by atomic mass is 9.90. The van der Waals surface area contributed by atoms with E-state index in [-0.39, 0.29) is 16.7 Å². The number of fused-ring (bicyclic) bond motifs is 1. The predicted molar refractivity (Wildman–Crippen MR) is 69.2 cm³/mol. The molecule has 98 valence electrons. The quantitative estimate of drug-likeness (QED) is 0.841. The van der Waals surface area contributed by atoms with Gasteiger partial charge >= 0.3 is 0 Å². The van der Waals surface area contributed by atoms with E-state index in [9.17, 15) is 4.79 Å². The van der Waals surface area contributed by atoms with Gasteiger partial charge in [0.05, 0.1) is 25.1 Å². The van der Waals surface area contributed by atoms with Crippen LogP contribution in [0.15, 0.2) is 11.1 Å². The smallest absolute Gasteiger partial charge is 0.271 e. The third-order valence-electron chi connectivity index (χ3n) is 3.78. The van der Waals surface area contributed by atoms with Gasteiger partial charge in [-0.1, -0.05) is 24.4 Å². The molecule has 18 heavy (non-hydrogen) atoms. The highest BCUT2D eigenvalue weighted by atomic mass is 35.5. The van der Waals surface area contributed by atoms with E-state index in [2.05, 4.69) is 14.9 Å². The molecule has 1 aromatic heterocycles. The molecule has 0 spiro atoms. The zero-order valence-electron chi connectivity index (χ0n) is 10.1. The van der Waals surface area contributed by atoms with Crippen LogP contribution in [0.1, 0.15) is 25.7 Å². The molecular weight excluding hydrogens is 254 g/mol. The normalized spacial score (nSPS) is 27.9. The number of nitrogens with zero attached hydrogens (tertiary/aromatic N) is 2. The van der Waals surface area contributed by atoms with Gasteiger partial charge in [-0.3, -0.25) is 4.79 Å². The summed E-state index contributed by atoms with van der Waals surface area (Å²) in [5, 5.41) is 0.184. The van der Waals surface area contributed by atoms with E-state index >= 15 is 0 Å². The Labute approximate surface area is 110 Å². The molecule has 1 saturated carbocycles. The Hall–Kier alpha value is -1.07.